The van der Waals surface area contributed by atoms with Gasteiger partial charge in [0.05, 0.1) is 5.69 Å². The van der Waals surface area contributed by atoms with E-state index in [4.69, 9.17) is 0 Å². The highest BCUT2D eigenvalue weighted by Crippen LogP contribution is 2.25. The van der Waals surface area contributed by atoms with Crippen LogP contribution in [-0.2, 0) is 10.0 Å². The van der Waals surface area contributed by atoms with Crippen LogP contribution in [0.3, 0.4) is 0 Å². The van der Waals surface area contributed by atoms with Crippen LogP contribution in [0.5, 0.6) is 0 Å². The van der Waals surface area contributed by atoms with Crippen molar-refractivity contribution in [3.63, 3.8) is 0 Å². The van der Waals surface area contributed by atoms with E-state index >= 15 is 0 Å². The second-order valence-corrected chi connectivity index (χ2v) is 5.92. The Balaban J connectivity index is 2.38. The summed E-state index contributed by atoms with van der Waals surface area (Å²) in [5.74, 6) is 0. The van der Waals surface area contributed by atoms with Gasteiger partial charge in [-0.15, -0.1) is 0 Å². The predicted molar refractivity (Wildman–Crippen MR) is 66.4 cm³/mol. The molecule has 0 aromatic carbocycles. The number of rotatable bonds is 4. The van der Waals surface area contributed by atoms with Crippen molar-refractivity contribution in [1.82, 2.24) is 9.29 Å². The number of sulfonamides is 1. The Bertz CT molecular complexity index is 481. The van der Waals surface area contributed by atoms with E-state index in [9.17, 15) is 8.42 Å². The topological polar surface area (TPSA) is 62.3 Å². The number of hydrogen-bond acceptors (Lipinski definition) is 4. The molecule has 17 heavy (non-hydrogen) atoms. The van der Waals surface area contributed by atoms with Gasteiger partial charge in [0.15, 0.2) is 0 Å². The van der Waals surface area contributed by atoms with Gasteiger partial charge in [0.25, 0.3) is 0 Å². The van der Waals surface area contributed by atoms with E-state index in [1.165, 1.54) is 10.5 Å². The molecule has 1 aromatic heterocycles. The number of nitrogens with one attached hydrogen (secondary N) is 1. The third-order valence-electron chi connectivity index (χ3n) is 2.83. The van der Waals surface area contributed by atoms with Crippen molar-refractivity contribution >= 4 is 15.7 Å². The van der Waals surface area contributed by atoms with Crippen molar-refractivity contribution in [2.75, 3.05) is 25.0 Å². The summed E-state index contributed by atoms with van der Waals surface area (Å²) < 4.78 is 26.3. The van der Waals surface area contributed by atoms with E-state index in [1.54, 1.807) is 12.3 Å². The maximum atomic E-state index is 12.4. The van der Waals surface area contributed by atoms with E-state index in [0.717, 1.165) is 12.8 Å². The second kappa shape index (κ2) is 5.01. The maximum absolute atomic E-state index is 12.4. The minimum Gasteiger partial charge on any atom is -0.384 e. The first-order valence-corrected chi connectivity index (χ1v) is 7.28. The summed E-state index contributed by atoms with van der Waals surface area (Å²) in [7, 11) is -3.38. The number of nitrogens with zero attached hydrogens (tertiary/aromatic N) is 2. The lowest BCUT2D eigenvalue weighted by Gasteiger charge is -2.17. The summed E-state index contributed by atoms with van der Waals surface area (Å²) in [4.78, 5) is 4.20. The Morgan fingerprint density at radius 2 is 2.12 bits per heavy atom. The van der Waals surface area contributed by atoms with Crippen molar-refractivity contribution < 1.29 is 8.42 Å². The average molecular weight is 255 g/mol. The summed E-state index contributed by atoms with van der Waals surface area (Å²) in [5, 5.41) is 3.06. The van der Waals surface area contributed by atoms with Gasteiger partial charge in [0.1, 0.15) is 4.90 Å². The lowest BCUT2D eigenvalue weighted by Crippen LogP contribution is -2.28. The van der Waals surface area contributed by atoms with Crippen LogP contribution in [0.15, 0.2) is 23.4 Å². The fourth-order valence-electron chi connectivity index (χ4n) is 1.99. The van der Waals surface area contributed by atoms with E-state index in [0.29, 0.717) is 25.3 Å². The zero-order chi connectivity index (χ0) is 12.3. The molecule has 0 atom stereocenters. The molecule has 1 saturated heterocycles. The molecule has 1 fully saturated rings. The van der Waals surface area contributed by atoms with Crippen LogP contribution in [0.4, 0.5) is 5.69 Å². The normalized spacial score (nSPS) is 17.2. The van der Waals surface area contributed by atoms with Crippen molar-refractivity contribution in [3.05, 3.63) is 18.5 Å². The van der Waals surface area contributed by atoms with Crippen molar-refractivity contribution in [2.45, 2.75) is 24.7 Å². The number of pyridine rings is 1. The zero-order valence-electron chi connectivity index (χ0n) is 9.89. The first kappa shape index (κ1) is 12.3. The Morgan fingerprint density at radius 1 is 1.41 bits per heavy atom. The summed E-state index contributed by atoms with van der Waals surface area (Å²) in [5.41, 5.74) is 0.634. The van der Waals surface area contributed by atoms with Crippen LogP contribution in [0.2, 0.25) is 0 Å². The Morgan fingerprint density at radius 3 is 2.76 bits per heavy atom. The van der Waals surface area contributed by atoms with Crippen molar-refractivity contribution in [3.8, 4) is 0 Å². The molecule has 0 radical (unpaired) electrons. The van der Waals surface area contributed by atoms with Crippen LogP contribution in [0.25, 0.3) is 0 Å². The molecule has 0 unspecified atom stereocenters. The molecule has 0 spiro atoms. The van der Waals surface area contributed by atoms with Gasteiger partial charge in [0.2, 0.25) is 10.0 Å². The molecule has 1 N–H and O–H groups in total. The van der Waals surface area contributed by atoms with Crippen LogP contribution >= 0.6 is 0 Å². The van der Waals surface area contributed by atoms with E-state index < -0.39 is 10.0 Å². The summed E-state index contributed by atoms with van der Waals surface area (Å²) in [6.45, 7) is 3.85. The molecule has 2 heterocycles. The van der Waals surface area contributed by atoms with E-state index in [1.807, 2.05) is 6.92 Å². The van der Waals surface area contributed by atoms with Crippen LogP contribution in [-0.4, -0.2) is 37.3 Å². The van der Waals surface area contributed by atoms with Crippen LogP contribution < -0.4 is 5.32 Å². The predicted octanol–water partition coefficient (Wildman–Crippen LogP) is 1.30. The second-order valence-electron chi connectivity index (χ2n) is 4.01. The molecule has 0 bridgehead atoms. The van der Waals surface area contributed by atoms with Gasteiger partial charge in [-0.1, -0.05) is 0 Å². The lowest BCUT2D eigenvalue weighted by molar-refractivity contribution is 0.477. The summed E-state index contributed by atoms with van der Waals surface area (Å²) in [6.07, 6.45) is 4.90. The van der Waals surface area contributed by atoms with E-state index in [2.05, 4.69) is 10.3 Å². The fraction of sp³-hybridized carbons (Fsp3) is 0.545. The Kier molecular flexibility index (Phi) is 3.63. The van der Waals surface area contributed by atoms with Crippen LogP contribution in [0, 0.1) is 0 Å². The molecule has 1 aliphatic heterocycles. The van der Waals surface area contributed by atoms with Gasteiger partial charge in [-0.05, 0) is 25.8 Å². The van der Waals surface area contributed by atoms with Crippen molar-refractivity contribution in [1.29, 1.82) is 0 Å². The molecule has 1 aromatic rings. The molecular weight excluding hydrogens is 238 g/mol. The van der Waals surface area contributed by atoms with Gasteiger partial charge in [-0.3, -0.25) is 4.98 Å². The summed E-state index contributed by atoms with van der Waals surface area (Å²) in [6, 6.07) is 1.70. The number of anilines is 1. The van der Waals surface area contributed by atoms with Gasteiger partial charge in [-0.25, -0.2) is 8.42 Å². The molecule has 6 heteroatoms. The fourth-order valence-corrected chi connectivity index (χ4v) is 3.62. The first-order valence-electron chi connectivity index (χ1n) is 5.84. The SMILES string of the molecule is CCNc1ccncc1S(=O)(=O)N1CCCC1. The molecule has 1 aliphatic rings. The highest BCUT2D eigenvalue weighted by molar-refractivity contribution is 7.89. The molecule has 5 nitrogen and oxygen atoms in total. The largest absolute Gasteiger partial charge is 0.384 e. The van der Waals surface area contributed by atoms with Crippen molar-refractivity contribution in [2.24, 2.45) is 0 Å². The maximum Gasteiger partial charge on any atom is 0.246 e. The zero-order valence-corrected chi connectivity index (χ0v) is 10.7. The standard InChI is InChI=1S/C11H17N3O2S/c1-2-13-10-5-6-12-9-11(10)17(15,16)14-7-3-4-8-14/h5-6,9H,2-4,7-8H2,1H3,(H,12,13). The minimum atomic E-state index is -3.38. The molecular formula is C11H17N3O2S. The highest BCUT2D eigenvalue weighted by atomic mass is 32.2. The number of hydrogen-bond donors (Lipinski definition) is 1. The Labute approximate surface area is 102 Å². The molecule has 0 aliphatic carbocycles. The van der Waals surface area contributed by atoms with Crippen LogP contribution in [0.1, 0.15) is 19.8 Å². The number of aromatic nitrogens is 1. The monoisotopic (exact) mass is 255 g/mol. The quantitative estimate of drug-likeness (QED) is 0.881. The van der Waals surface area contributed by atoms with Gasteiger partial charge in [-0.2, -0.15) is 4.31 Å². The minimum absolute atomic E-state index is 0.281. The van der Waals surface area contributed by atoms with Gasteiger partial charge < -0.3 is 5.32 Å². The molecule has 2 rings (SSSR count). The average Bonchev–Trinajstić information content (AvgIpc) is 2.84. The third-order valence-corrected chi connectivity index (χ3v) is 4.76. The summed E-state index contributed by atoms with van der Waals surface area (Å²) >= 11 is 0. The highest BCUT2D eigenvalue weighted by Gasteiger charge is 2.29. The third kappa shape index (κ3) is 2.42. The molecule has 0 saturated carbocycles. The first-order chi connectivity index (χ1) is 8.16. The smallest absolute Gasteiger partial charge is 0.246 e. The van der Waals surface area contributed by atoms with Gasteiger partial charge >= 0.3 is 0 Å². The van der Waals surface area contributed by atoms with E-state index in [-0.39, 0.29) is 4.90 Å². The lowest BCUT2D eigenvalue weighted by atomic mass is 10.4. The Hall–Kier alpha value is -1.14. The molecule has 94 valence electrons. The van der Waals surface area contributed by atoms with Gasteiger partial charge in [0, 0.05) is 32.0 Å². The molecule has 0 amide bonds.